The molecule has 23 heavy (non-hydrogen) atoms. The molecule has 1 amide bonds. The van der Waals surface area contributed by atoms with E-state index in [1.807, 2.05) is 48.5 Å². The van der Waals surface area contributed by atoms with Crippen LogP contribution in [0.2, 0.25) is 0 Å². The van der Waals surface area contributed by atoms with Crippen molar-refractivity contribution in [3.05, 3.63) is 71.8 Å². The van der Waals surface area contributed by atoms with Crippen molar-refractivity contribution in [1.29, 1.82) is 0 Å². The standard InChI is InChI=1S/C19H22N2O2/c22-19(23-14-16-9-5-2-6-10-16)21-18-11-17(12-18)20-13-15-7-3-1-4-8-15/h1-10,17-18,20H,11-14H2,(H,21,22). The lowest BCUT2D eigenvalue weighted by Gasteiger charge is -2.36. The molecule has 2 aromatic carbocycles. The fraction of sp³-hybridized carbons (Fsp3) is 0.316. The average Bonchev–Trinajstić information content (AvgIpc) is 2.57. The highest BCUT2D eigenvalue weighted by atomic mass is 16.5. The van der Waals surface area contributed by atoms with Gasteiger partial charge in [0.15, 0.2) is 0 Å². The van der Waals surface area contributed by atoms with Gasteiger partial charge in [-0.3, -0.25) is 0 Å². The number of hydrogen-bond acceptors (Lipinski definition) is 3. The highest BCUT2D eigenvalue weighted by Crippen LogP contribution is 2.20. The molecule has 0 heterocycles. The first kappa shape index (κ1) is 15.6. The van der Waals surface area contributed by atoms with Crippen molar-refractivity contribution in [3.63, 3.8) is 0 Å². The number of carbonyl (C=O) groups excluding carboxylic acids is 1. The van der Waals surface area contributed by atoms with Crippen LogP contribution in [0.4, 0.5) is 4.79 Å². The van der Waals surface area contributed by atoms with Gasteiger partial charge in [-0.25, -0.2) is 4.79 Å². The number of ether oxygens (including phenoxy) is 1. The Morgan fingerprint density at radius 1 is 0.913 bits per heavy atom. The van der Waals surface area contributed by atoms with Gasteiger partial charge in [0.25, 0.3) is 0 Å². The van der Waals surface area contributed by atoms with Gasteiger partial charge in [-0.2, -0.15) is 0 Å². The maximum absolute atomic E-state index is 11.8. The Labute approximate surface area is 136 Å². The molecule has 1 aliphatic rings. The van der Waals surface area contributed by atoms with E-state index in [1.165, 1.54) is 5.56 Å². The average molecular weight is 310 g/mol. The molecule has 0 spiro atoms. The SMILES string of the molecule is O=C(NC1CC(NCc2ccccc2)C1)OCc1ccccc1. The zero-order valence-corrected chi connectivity index (χ0v) is 13.1. The van der Waals surface area contributed by atoms with Gasteiger partial charge in [0.05, 0.1) is 0 Å². The van der Waals surface area contributed by atoms with Gasteiger partial charge in [0.2, 0.25) is 0 Å². The summed E-state index contributed by atoms with van der Waals surface area (Å²) in [6, 6.07) is 20.7. The Balaban J connectivity index is 1.30. The molecule has 120 valence electrons. The van der Waals surface area contributed by atoms with Gasteiger partial charge >= 0.3 is 6.09 Å². The van der Waals surface area contributed by atoms with E-state index in [1.54, 1.807) is 0 Å². The van der Waals surface area contributed by atoms with Crippen LogP contribution in [0.5, 0.6) is 0 Å². The molecule has 2 N–H and O–H groups in total. The number of rotatable bonds is 6. The molecule has 0 atom stereocenters. The Bertz CT molecular complexity index is 610. The summed E-state index contributed by atoms with van der Waals surface area (Å²) >= 11 is 0. The molecular formula is C19H22N2O2. The van der Waals surface area contributed by atoms with Crippen LogP contribution < -0.4 is 10.6 Å². The second-order valence-electron chi connectivity index (χ2n) is 5.94. The minimum atomic E-state index is -0.333. The zero-order valence-electron chi connectivity index (χ0n) is 13.1. The number of amides is 1. The molecule has 1 saturated carbocycles. The third-order valence-electron chi connectivity index (χ3n) is 4.11. The molecule has 0 bridgehead atoms. The minimum Gasteiger partial charge on any atom is -0.445 e. The summed E-state index contributed by atoms with van der Waals surface area (Å²) < 4.78 is 5.23. The zero-order chi connectivity index (χ0) is 15.9. The van der Waals surface area contributed by atoms with Crippen molar-refractivity contribution in [1.82, 2.24) is 10.6 Å². The van der Waals surface area contributed by atoms with E-state index in [0.717, 1.165) is 24.9 Å². The minimum absolute atomic E-state index is 0.214. The Kier molecular flexibility index (Phi) is 5.27. The number of alkyl carbamates (subject to hydrolysis) is 1. The number of nitrogens with one attached hydrogen (secondary N) is 2. The molecule has 0 aliphatic heterocycles. The lowest BCUT2D eigenvalue weighted by Crippen LogP contribution is -2.52. The summed E-state index contributed by atoms with van der Waals surface area (Å²) in [5, 5.41) is 6.42. The number of carbonyl (C=O) groups is 1. The van der Waals surface area contributed by atoms with Crippen molar-refractivity contribution >= 4 is 6.09 Å². The summed E-state index contributed by atoms with van der Waals surface area (Å²) in [5.74, 6) is 0. The highest BCUT2D eigenvalue weighted by molar-refractivity contribution is 5.67. The quantitative estimate of drug-likeness (QED) is 0.861. The fourth-order valence-electron chi connectivity index (χ4n) is 2.69. The van der Waals surface area contributed by atoms with Gasteiger partial charge in [-0.15, -0.1) is 0 Å². The van der Waals surface area contributed by atoms with Gasteiger partial charge in [-0.05, 0) is 24.0 Å². The summed E-state index contributed by atoms with van der Waals surface area (Å²) in [6.45, 7) is 1.19. The van der Waals surface area contributed by atoms with Crippen LogP contribution in [-0.2, 0) is 17.9 Å². The third-order valence-corrected chi connectivity index (χ3v) is 4.11. The molecule has 4 nitrogen and oxygen atoms in total. The molecule has 0 radical (unpaired) electrons. The number of benzene rings is 2. The maximum atomic E-state index is 11.8. The second-order valence-corrected chi connectivity index (χ2v) is 5.94. The number of hydrogen-bond donors (Lipinski definition) is 2. The molecule has 0 aromatic heterocycles. The molecular weight excluding hydrogens is 288 g/mol. The van der Waals surface area contributed by atoms with Crippen molar-refractivity contribution < 1.29 is 9.53 Å². The fourth-order valence-corrected chi connectivity index (χ4v) is 2.69. The van der Waals surface area contributed by atoms with Crippen LogP contribution >= 0.6 is 0 Å². The van der Waals surface area contributed by atoms with Gasteiger partial charge < -0.3 is 15.4 Å². The first-order valence-corrected chi connectivity index (χ1v) is 8.04. The maximum Gasteiger partial charge on any atom is 0.407 e. The van der Waals surface area contributed by atoms with E-state index in [4.69, 9.17) is 4.74 Å². The summed E-state index contributed by atoms with van der Waals surface area (Å²) in [4.78, 5) is 11.8. The van der Waals surface area contributed by atoms with Crippen LogP contribution in [0.15, 0.2) is 60.7 Å². The highest BCUT2D eigenvalue weighted by Gasteiger charge is 2.30. The first-order chi connectivity index (χ1) is 11.3. The topological polar surface area (TPSA) is 50.4 Å². The van der Waals surface area contributed by atoms with E-state index in [2.05, 4.69) is 22.8 Å². The Hall–Kier alpha value is -2.33. The smallest absolute Gasteiger partial charge is 0.407 e. The molecule has 0 saturated heterocycles. The summed E-state index contributed by atoms with van der Waals surface area (Å²) in [7, 11) is 0. The van der Waals surface area contributed by atoms with Gasteiger partial charge in [-0.1, -0.05) is 60.7 Å². The van der Waals surface area contributed by atoms with Crippen LogP contribution in [0.25, 0.3) is 0 Å². The Morgan fingerprint density at radius 2 is 1.52 bits per heavy atom. The molecule has 2 aromatic rings. The Morgan fingerprint density at radius 3 is 2.17 bits per heavy atom. The predicted octanol–water partition coefficient (Wildman–Crippen LogP) is 3.23. The first-order valence-electron chi connectivity index (χ1n) is 8.04. The van der Waals surface area contributed by atoms with Crippen LogP contribution in [0.3, 0.4) is 0 Å². The van der Waals surface area contributed by atoms with Crippen molar-refractivity contribution in [2.75, 3.05) is 0 Å². The summed E-state index contributed by atoms with van der Waals surface area (Å²) in [6.07, 6.45) is 1.57. The van der Waals surface area contributed by atoms with Crippen LogP contribution in [0, 0.1) is 0 Å². The van der Waals surface area contributed by atoms with Gasteiger partial charge in [0.1, 0.15) is 6.61 Å². The normalized spacial score (nSPS) is 19.7. The molecule has 1 fully saturated rings. The van der Waals surface area contributed by atoms with Gasteiger partial charge in [0, 0.05) is 18.6 Å². The predicted molar refractivity (Wildman–Crippen MR) is 89.9 cm³/mol. The van der Waals surface area contributed by atoms with E-state index < -0.39 is 0 Å². The third kappa shape index (κ3) is 4.83. The van der Waals surface area contributed by atoms with Crippen LogP contribution in [0.1, 0.15) is 24.0 Å². The molecule has 4 heteroatoms. The van der Waals surface area contributed by atoms with E-state index in [9.17, 15) is 4.79 Å². The van der Waals surface area contributed by atoms with E-state index >= 15 is 0 Å². The second kappa shape index (κ2) is 7.79. The van der Waals surface area contributed by atoms with Crippen molar-refractivity contribution in [2.24, 2.45) is 0 Å². The lowest BCUT2D eigenvalue weighted by molar-refractivity contribution is 0.125. The van der Waals surface area contributed by atoms with E-state index in [0.29, 0.717) is 12.6 Å². The summed E-state index contributed by atoms with van der Waals surface area (Å²) in [5.41, 5.74) is 2.28. The monoisotopic (exact) mass is 310 g/mol. The van der Waals surface area contributed by atoms with Crippen LogP contribution in [-0.4, -0.2) is 18.2 Å². The molecule has 3 rings (SSSR count). The van der Waals surface area contributed by atoms with E-state index in [-0.39, 0.29) is 12.1 Å². The lowest BCUT2D eigenvalue weighted by atomic mass is 9.87. The molecule has 0 unspecified atom stereocenters. The van der Waals surface area contributed by atoms with Crippen molar-refractivity contribution in [2.45, 2.75) is 38.1 Å². The molecule has 1 aliphatic carbocycles. The largest absolute Gasteiger partial charge is 0.445 e. The van der Waals surface area contributed by atoms with Crippen molar-refractivity contribution in [3.8, 4) is 0 Å².